The number of hydrogen-bond acceptors (Lipinski definition) is 3. The van der Waals surface area contributed by atoms with Crippen molar-refractivity contribution in [1.29, 1.82) is 0 Å². The van der Waals surface area contributed by atoms with Crippen molar-refractivity contribution in [2.24, 2.45) is 0 Å². The summed E-state index contributed by atoms with van der Waals surface area (Å²) in [5, 5.41) is 3.24. The first-order valence-corrected chi connectivity index (χ1v) is 5.00. The summed E-state index contributed by atoms with van der Waals surface area (Å²) in [5.74, 6) is 1.10. The average Bonchev–Trinajstić information content (AvgIpc) is 2.43. The first-order valence-electron chi connectivity index (χ1n) is 4.19. The summed E-state index contributed by atoms with van der Waals surface area (Å²) < 4.78 is 5.60. The highest BCUT2D eigenvalue weighted by molar-refractivity contribution is 7.12. The lowest BCUT2D eigenvalue weighted by atomic mass is 10.1. The molecule has 1 unspecified atom stereocenters. The van der Waals surface area contributed by atoms with Gasteiger partial charge in [-0.3, -0.25) is 0 Å². The third kappa shape index (κ3) is 2.16. The second kappa shape index (κ2) is 4.31. The molecular formula is C9H14ClNOS. The molecule has 1 N–H and O–H groups in total. The van der Waals surface area contributed by atoms with Crippen LogP contribution in [-0.4, -0.2) is 19.7 Å². The Morgan fingerprint density at radius 1 is 1.62 bits per heavy atom. The van der Waals surface area contributed by atoms with Gasteiger partial charge in [0.15, 0.2) is 0 Å². The highest BCUT2D eigenvalue weighted by Crippen LogP contribution is 2.32. The van der Waals surface area contributed by atoms with E-state index in [0.717, 1.165) is 18.8 Å². The van der Waals surface area contributed by atoms with Gasteiger partial charge in [-0.1, -0.05) is 0 Å². The molecule has 0 amide bonds. The molecule has 0 fully saturated rings. The zero-order chi connectivity index (χ0) is 8.55. The van der Waals surface area contributed by atoms with Gasteiger partial charge in [-0.15, -0.1) is 23.7 Å². The molecule has 2 rings (SSSR count). The molecule has 4 heteroatoms. The Morgan fingerprint density at radius 3 is 3.08 bits per heavy atom. The SMILES string of the molecule is CNC1COc2cc(C)sc2C1.Cl. The summed E-state index contributed by atoms with van der Waals surface area (Å²) in [7, 11) is 1.99. The zero-order valence-corrected chi connectivity index (χ0v) is 9.43. The molecule has 74 valence electrons. The molecule has 2 heterocycles. The molecule has 0 aromatic carbocycles. The van der Waals surface area contributed by atoms with Crippen LogP contribution in [0.1, 0.15) is 9.75 Å². The predicted octanol–water partition coefficient (Wildman–Crippen LogP) is 2.00. The molecule has 1 atom stereocenters. The maximum atomic E-state index is 5.60. The van der Waals surface area contributed by atoms with Crippen LogP contribution in [0, 0.1) is 6.92 Å². The number of rotatable bonds is 1. The van der Waals surface area contributed by atoms with Crippen molar-refractivity contribution < 1.29 is 4.74 Å². The molecule has 1 aromatic heterocycles. The molecule has 13 heavy (non-hydrogen) atoms. The van der Waals surface area contributed by atoms with Crippen molar-refractivity contribution in [3.05, 3.63) is 15.8 Å². The number of aryl methyl sites for hydroxylation is 1. The summed E-state index contributed by atoms with van der Waals surface area (Å²) in [6.07, 6.45) is 1.12. The van der Waals surface area contributed by atoms with Crippen LogP contribution >= 0.6 is 23.7 Å². The smallest absolute Gasteiger partial charge is 0.133 e. The van der Waals surface area contributed by atoms with E-state index in [0.29, 0.717) is 6.04 Å². The van der Waals surface area contributed by atoms with Gasteiger partial charge in [-0.25, -0.2) is 0 Å². The van der Waals surface area contributed by atoms with Crippen LogP contribution in [0.5, 0.6) is 5.75 Å². The summed E-state index contributed by atoms with van der Waals surface area (Å²) in [4.78, 5) is 2.73. The van der Waals surface area contributed by atoms with Crippen molar-refractivity contribution in [1.82, 2.24) is 5.32 Å². The largest absolute Gasteiger partial charge is 0.491 e. The minimum atomic E-state index is 0. The van der Waals surface area contributed by atoms with E-state index in [1.165, 1.54) is 9.75 Å². The molecule has 0 bridgehead atoms. The van der Waals surface area contributed by atoms with Gasteiger partial charge in [-0.2, -0.15) is 0 Å². The molecule has 1 aromatic rings. The van der Waals surface area contributed by atoms with Gasteiger partial charge >= 0.3 is 0 Å². The molecule has 2 nitrogen and oxygen atoms in total. The van der Waals surface area contributed by atoms with Crippen LogP contribution in [-0.2, 0) is 6.42 Å². The second-order valence-electron chi connectivity index (χ2n) is 3.15. The molecule has 0 saturated heterocycles. The number of fused-ring (bicyclic) bond motifs is 1. The first kappa shape index (κ1) is 10.8. The Hall–Kier alpha value is -0.250. The molecule has 0 radical (unpaired) electrons. The Bertz CT molecular complexity index is 287. The number of thiophene rings is 1. The van der Waals surface area contributed by atoms with Crippen LogP contribution in [0.3, 0.4) is 0 Å². The van der Waals surface area contributed by atoms with E-state index < -0.39 is 0 Å². The van der Waals surface area contributed by atoms with Crippen molar-refractivity contribution in [3.8, 4) is 5.75 Å². The minimum absolute atomic E-state index is 0. The third-order valence-corrected chi connectivity index (χ3v) is 3.23. The van der Waals surface area contributed by atoms with Gasteiger partial charge in [0, 0.05) is 22.2 Å². The predicted molar refractivity (Wildman–Crippen MR) is 58.4 cm³/mol. The second-order valence-corrected chi connectivity index (χ2v) is 4.49. The normalized spacial score (nSPS) is 20.0. The molecule has 0 aliphatic carbocycles. The highest BCUT2D eigenvalue weighted by Gasteiger charge is 2.19. The molecule has 1 aliphatic rings. The lowest BCUT2D eigenvalue weighted by Crippen LogP contribution is -2.36. The first-order chi connectivity index (χ1) is 5.79. The van der Waals surface area contributed by atoms with E-state index in [1.54, 1.807) is 0 Å². The Kier molecular flexibility index (Phi) is 3.59. The highest BCUT2D eigenvalue weighted by atomic mass is 35.5. The standard InChI is InChI=1S/C9H13NOS.ClH/c1-6-3-8-9(12-6)4-7(10-2)5-11-8;/h3,7,10H,4-5H2,1-2H3;1H. The summed E-state index contributed by atoms with van der Waals surface area (Å²) >= 11 is 1.84. The van der Waals surface area contributed by atoms with E-state index in [2.05, 4.69) is 18.3 Å². The molecule has 0 spiro atoms. The van der Waals surface area contributed by atoms with Crippen LogP contribution in [0.4, 0.5) is 0 Å². The van der Waals surface area contributed by atoms with Crippen LogP contribution in [0.15, 0.2) is 6.07 Å². The summed E-state index contributed by atoms with van der Waals surface area (Å²) in [6.45, 7) is 2.93. The monoisotopic (exact) mass is 219 g/mol. The summed E-state index contributed by atoms with van der Waals surface area (Å²) in [6, 6.07) is 2.63. The Balaban J connectivity index is 0.000000845. The fourth-order valence-corrected chi connectivity index (χ4v) is 2.52. The molecule has 1 aliphatic heterocycles. The van der Waals surface area contributed by atoms with Crippen molar-refractivity contribution in [2.45, 2.75) is 19.4 Å². The molecular weight excluding hydrogens is 206 g/mol. The van der Waals surface area contributed by atoms with Gasteiger partial charge in [0.1, 0.15) is 12.4 Å². The van der Waals surface area contributed by atoms with E-state index in [4.69, 9.17) is 4.74 Å². The fraction of sp³-hybridized carbons (Fsp3) is 0.556. The minimum Gasteiger partial charge on any atom is -0.491 e. The lowest BCUT2D eigenvalue weighted by molar-refractivity contribution is 0.248. The van der Waals surface area contributed by atoms with Crippen LogP contribution in [0.2, 0.25) is 0 Å². The van der Waals surface area contributed by atoms with Crippen LogP contribution in [0.25, 0.3) is 0 Å². The van der Waals surface area contributed by atoms with Crippen LogP contribution < -0.4 is 10.1 Å². The van der Waals surface area contributed by atoms with Crippen molar-refractivity contribution in [3.63, 3.8) is 0 Å². The summed E-state index contributed by atoms with van der Waals surface area (Å²) in [5.41, 5.74) is 0. The third-order valence-electron chi connectivity index (χ3n) is 2.17. The van der Waals surface area contributed by atoms with Gasteiger partial charge in [0.2, 0.25) is 0 Å². The molecule has 0 saturated carbocycles. The number of hydrogen-bond donors (Lipinski definition) is 1. The number of likely N-dealkylation sites (N-methyl/N-ethyl adjacent to an activating group) is 1. The number of nitrogens with one attached hydrogen (secondary N) is 1. The Labute approximate surface area is 88.7 Å². The fourth-order valence-electron chi connectivity index (χ4n) is 1.46. The van der Waals surface area contributed by atoms with Crippen molar-refractivity contribution in [2.75, 3.05) is 13.7 Å². The van der Waals surface area contributed by atoms with E-state index >= 15 is 0 Å². The van der Waals surface area contributed by atoms with Gasteiger partial charge in [0.05, 0.1) is 0 Å². The topological polar surface area (TPSA) is 21.3 Å². The van der Waals surface area contributed by atoms with Gasteiger partial charge in [0.25, 0.3) is 0 Å². The van der Waals surface area contributed by atoms with E-state index in [1.807, 2.05) is 18.4 Å². The zero-order valence-electron chi connectivity index (χ0n) is 7.79. The van der Waals surface area contributed by atoms with Gasteiger partial charge in [-0.05, 0) is 20.0 Å². The lowest BCUT2D eigenvalue weighted by Gasteiger charge is -2.21. The van der Waals surface area contributed by atoms with Crippen molar-refractivity contribution >= 4 is 23.7 Å². The van der Waals surface area contributed by atoms with E-state index in [9.17, 15) is 0 Å². The maximum absolute atomic E-state index is 5.60. The Morgan fingerprint density at radius 2 is 2.38 bits per heavy atom. The van der Waals surface area contributed by atoms with Gasteiger partial charge < -0.3 is 10.1 Å². The average molecular weight is 220 g/mol. The number of ether oxygens (including phenoxy) is 1. The van der Waals surface area contributed by atoms with E-state index in [-0.39, 0.29) is 12.4 Å². The quantitative estimate of drug-likeness (QED) is 0.780. The number of halogens is 1. The maximum Gasteiger partial charge on any atom is 0.133 e.